The summed E-state index contributed by atoms with van der Waals surface area (Å²) < 4.78 is 0. The van der Waals surface area contributed by atoms with E-state index in [2.05, 4.69) is 45.1 Å². The fourth-order valence-corrected chi connectivity index (χ4v) is 5.69. The van der Waals surface area contributed by atoms with Crippen molar-refractivity contribution in [3.05, 3.63) is 52.6 Å². The smallest absolute Gasteiger partial charge is 0.150 e. The second-order valence-corrected chi connectivity index (χ2v) is 10.0. The maximum atomic E-state index is 12.0. The Morgan fingerprint density at radius 1 is 1.07 bits per heavy atom. The standard InChI is InChI=1S/C28H34O2/c1-18(2)5-4-6-19(3)7-11-25-24(17-30)15-23-9-8-21-13-20(16-29)14-22-10-12-26(25)28(23)27(21)22/h8-10,12-14,16-19,23-25H,4-7,11,15H2,1-3H3. The van der Waals surface area contributed by atoms with Crippen LogP contribution in [0.3, 0.4) is 0 Å². The van der Waals surface area contributed by atoms with E-state index >= 15 is 0 Å². The Morgan fingerprint density at radius 2 is 1.90 bits per heavy atom. The Kier molecular flexibility index (Phi) is 6.22. The summed E-state index contributed by atoms with van der Waals surface area (Å²) in [6.07, 6.45) is 13.6. The van der Waals surface area contributed by atoms with Crippen molar-refractivity contribution in [3.63, 3.8) is 0 Å². The maximum absolute atomic E-state index is 12.0. The van der Waals surface area contributed by atoms with Crippen LogP contribution in [0.4, 0.5) is 0 Å². The molecule has 30 heavy (non-hydrogen) atoms. The van der Waals surface area contributed by atoms with Gasteiger partial charge in [0.2, 0.25) is 0 Å². The van der Waals surface area contributed by atoms with Crippen molar-refractivity contribution in [2.24, 2.45) is 17.8 Å². The molecule has 0 amide bonds. The quantitative estimate of drug-likeness (QED) is 0.412. The summed E-state index contributed by atoms with van der Waals surface area (Å²) >= 11 is 0. The fraction of sp³-hybridized carbons (Fsp3) is 0.500. The van der Waals surface area contributed by atoms with Gasteiger partial charge in [0.15, 0.2) is 0 Å². The third-order valence-corrected chi connectivity index (χ3v) is 7.33. The van der Waals surface area contributed by atoms with Crippen LogP contribution in [0.15, 0.2) is 30.3 Å². The highest BCUT2D eigenvalue weighted by Gasteiger charge is 2.36. The molecule has 0 N–H and O–H groups in total. The summed E-state index contributed by atoms with van der Waals surface area (Å²) in [6.45, 7) is 6.96. The number of carbonyl (C=O) groups is 2. The Bertz CT molecular complexity index is 968. The van der Waals surface area contributed by atoms with Crippen LogP contribution in [-0.4, -0.2) is 12.6 Å². The first kappa shape index (κ1) is 21.0. The lowest BCUT2D eigenvalue weighted by atomic mass is 9.66. The van der Waals surface area contributed by atoms with Gasteiger partial charge in [-0.3, -0.25) is 4.79 Å². The molecule has 2 aromatic carbocycles. The van der Waals surface area contributed by atoms with Gasteiger partial charge in [-0.2, -0.15) is 0 Å². The highest BCUT2D eigenvalue weighted by molar-refractivity contribution is 6.00. The third kappa shape index (κ3) is 4.02. The van der Waals surface area contributed by atoms with E-state index < -0.39 is 0 Å². The molecule has 0 saturated heterocycles. The van der Waals surface area contributed by atoms with Gasteiger partial charge in [-0.05, 0) is 70.2 Å². The molecule has 4 unspecified atom stereocenters. The highest BCUT2D eigenvalue weighted by atomic mass is 16.1. The van der Waals surface area contributed by atoms with Gasteiger partial charge in [0.25, 0.3) is 0 Å². The zero-order valence-electron chi connectivity index (χ0n) is 18.6. The number of aldehydes is 2. The number of rotatable bonds is 9. The zero-order valence-corrected chi connectivity index (χ0v) is 18.6. The predicted molar refractivity (Wildman–Crippen MR) is 125 cm³/mol. The van der Waals surface area contributed by atoms with Crippen molar-refractivity contribution in [1.82, 2.24) is 0 Å². The van der Waals surface area contributed by atoms with E-state index in [1.54, 1.807) is 0 Å². The average Bonchev–Trinajstić information content (AvgIpc) is 2.75. The van der Waals surface area contributed by atoms with Crippen LogP contribution in [0.25, 0.3) is 16.8 Å². The van der Waals surface area contributed by atoms with Gasteiger partial charge in [0, 0.05) is 17.4 Å². The summed E-state index contributed by atoms with van der Waals surface area (Å²) in [5.41, 5.74) is 4.66. The molecule has 2 aliphatic carbocycles. The molecule has 158 valence electrons. The second-order valence-electron chi connectivity index (χ2n) is 10.0. The molecule has 2 nitrogen and oxygen atoms in total. The van der Waals surface area contributed by atoms with Gasteiger partial charge >= 0.3 is 0 Å². The molecule has 0 bridgehead atoms. The van der Waals surface area contributed by atoms with Crippen LogP contribution >= 0.6 is 0 Å². The minimum atomic E-state index is 0.100. The Labute approximate surface area is 180 Å². The molecule has 0 aromatic heterocycles. The molecule has 4 atom stereocenters. The predicted octanol–water partition coefficient (Wildman–Crippen LogP) is 7.31. The van der Waals surface area contributed by atoms with Gasteiger partial charge in [0.1, 0.15) is 12.6 Å². The zero-order chi connectivity index (χ0) is 21.3. The summed E-state index contributed by atoms with van der Waals surface area (Å²) in [5, 5.41) is 2.44. The van der Waals surface area contributed by atoms with Gasteiger partial charge in [-0.25, -0.2) is 0 Å². The van der Waals surface area contributed by atoms with E-state index in [0.717, 1.165) is 41.6 Å². The van der Waals surface area contributed by atoms with E-state index in [4.69, 9.17) is 0 Å². The molecule has 2 aromatic rings. The van der Waals surface area contributed by atoms with E-state index in [9.17, 15) is 9.59 Å². The summed E-state index contributed by atoms with van der Waals surface area (Å²) in [6, 6.07) is 8.40. The molecule has 0 heterocycles. The Morgan fingerprint density at radius 3 is 2.63 bits per heavy atom. The minimum absolute atomic E-state index is 0.100. The molecule has 4 rings (SSSR count). The second kappa shape index (κ2) is 8.88. The topological polar surface area (TPSA) is 34.1 Å². The third-order valence-electron chi connectivity index (χ3n) is 7.33. The van der Waals surface area contributed by atoms with Crippen molar-refractivity contribution >= 4 is 29.4 Å². The number of benzene rings is 2. The van der Waals surface area contributed by atoms with Crippen molar-refractivity contribution in [3.8, 4) is 0 Å². The monoisotopic (exact) mass is 402 g/mol. The van der Waals surface area contributed by atoms with E-state index in [1.807, 2.05) is 12.1 Å². The SMILES string of the molecule is CC(C)CCCC(C)CCC1c2ccc3cc(C=O)cc4c3c2C(C=C4)CC1C=O. The van der Waals surface area contributed by atoms with Crippen LogP contribution in [0, 0.1) is 17.8 Å². The number of allylic oxidation sites excluding steroid dienone is 1. The average molecular weight is 403 g/mol. The minimum Gasteiger partial charge on any atom is -0.303 e. The Balaban J connectivity index is 1.62. The van der Waals surface area contributed by atoms with E-state index in [0.29, 0.717) is 17.8 Å². The van der Waals surface area contributed by atoms with Crippen LogP contribution in [0.5, 0.6) is 0 Å². The first-order valence-corrected chi connectivity index (χ1v) is 11.7. The van der Waals surface area contributed by atoms with E-state index in [-0.39, 0.29) is 5.92 Å². The van der Waals surface area contributed by atoms with Gasteiger partial charge in [-0.1, -0.05) is 70.7 Å². The first-order chi connectivity index (χ1) is 14.5. The molecular formula is C28H34O2. The molecule has 0 aliphatic heterocycles. The summed E-state index contributed by atoms with van der Waals surface area (Å²) in [4.78, 5) is 23.4. The van der Waals surface area contributed by atoms with Crippen molar-refractivity contribution in [2.75, 3.05) is 0 Å². The maximum Gasteiger partial charge on any atom is 0.150 e. The lowest BCUT2D eigenvalue weighted by Crippen LogP contribution is -2.26. The fourth-order valence-electron chi connectivity index (χ4n) is 5.69. The molecule has 0 fully saturated rings. The molecule has 0 saturated carbocycles. The molecule has 0 spiro atoms. The van der Waals surface area contributed by atoms with Crippen LogP contribution in [0.2, 0.25) is 0 Å². The summed E-state index contributed by atoms with van der Waals surface area (Å²) in [7, 11) is 0. The lowest BCUT2D eigenvalue weighted by Gasteiger charge is -2.38. The summed E-state index contributed by atoms with van der Waals surface area (Å²) in [5.74, 6) is 2.21. The van der Waals surface area contributed by atoms with E-state index in [1.165, 1.54) is 48.5 Å². The molecule has 2 aliphatic rings. The largest absolute Gasteiger partial charge is 0.303 e. The van der Waals surface area contributed by atoms with Crippen molar-refractivity contribution < 1.29 is 9.59 Å². The number of hydrogen-bond acceptors (Lipinski definition) is 2. The normalized spacial score (nSPS) is 23.0. The Hall–Kier alpha value is -2.22. The molecule has 2 heteroatoms. The van der Waals surface area contributed by atoms with Crippen LogP contribution < -0.4 is 0 Å². The molecule has 0 radical (unpaired) electrons. The van der Waals surface area contributed by atoms with Gasteiger partial charge < -0.3 is 4.79 Å². The number of carbonyl (C=O) groups excluding carboxylic acids is 2. The van der Waals surface area contributed by atoms with Gasteiger partial charge in [0.05, 0.1) is 0 Å². The lowest BCUT2D eigenvalue weighted by molar-refractivity contribution is -0.112. The molecular weight excluding hydrogens is 368 g/mol. The first-order valence-electron chi connectivity index (χ1n) is 11.7. The van der Waals surface area contributed by atoms with Gasteiger partial charge in [-0.15, -0.1) is 0 Å². The number of hydrogen-bond donors (Lipinski definition) is 0. The van der Waals surface area contributed by atoms with Crippen LogP contribution in [-0.2, 0) is 4.79 Å². The van der Waals surface area contributed by atoms with Crippen molar-refractivity contribution in [2.45, 2.75) is 71.1 Å². The highest BCUT2D eigenvalue weighted by Crippen LogP contribution is 2.50. The van der Waals surface area contributed by atoms with Crippen molar-refractivity contribution in [1.29, 1.82) is 0 Å². The van der Waals surface area contributed by atoms with Crippen LogP contribution in [0.1, 0.15) is 98.2 Å².